The van der Waals surface area contributed by atoms with Gasteiger partial charge < -0.3 is 24.2 Å². The Labute approximate surface area is 108 Å². The summed E-state index contributed by atoms with van der Waals surface area (Å²) in [6.45, 7) is 0.0195. The van der Waals surface area contributed by atoms with Crippen LogP contribution in [0.1, 0.15) is 11.6 Å². The zero-order valence-corrected chi connectivity index (χ0v) is 11.6. The van der Waals surface area contributed by atoms with Crippen molar-refractivity contribution in [3.05, 3.63) is 17.7 Å². The van der Waals surface area contributed by atoms with Crippen molar-refractivity contribution in [3.63, 3.8) is 0 Å². The number of hydrogen-bond donors (Lipinski definition) is 1. The summed E-state index contributed by atoms with van der Waals surface area (Å²) in [7, 11) is 8.53. The van der Waals surface area contributed by atoms with Crippen LogP contribution in [0.5, 0.6) is 17.2 Å². The van der Waals surface area contributed by atoms with Crippen LogP contribution < -0.4 is 14.2 Å². The van der Waals surface area contributed by atoms with Crippen LogP contribution in [0.25, 0.3) is 0 Å². The molecule has 0 spiro atoms. The summed E-state index contributed by atoms with van der Waals surface area (Å²) < 4.78 is 15.8. The minimum absolute atomic E-state index is 0.0195. The fourth-order valence-electron chi connectivity index (χ4n) is 1.86. The van der Waals surface area contributed by atoms with Crippen LogP contribution in [0, 0.1) is 0 Å². The molecule has 0 heterocycles. The van der Waals surface area contributed by atoms with Gasteiger partial charge in [0.1, 0.15) is 0 Å². The van der Waals surface area contributed by atoms with Gasteiger partial charge in [-0.3, -0.25) is 0 Å². The van der Waals surface area contributed by atoms with E-state index in [-0.39, 0.29) is 12.6 Å². The van der Waals surface area contributed by atoms with Gasteiger partial charge in [0, 0.05) is 0 Å². The van der Waals surface area contributed by atoms with Crippen molar-refractivity contribution in [1.82, 2.24) is 4.90 Å². The fourth-order valence-corrected chi connectivity index (χ4v) is 1.86. The Hall–Kier alpha value is -1.46. The third-order valence-corrected chi connectivity index (χ3v) is 2.87. The number of likely N-dealkylation sites (N-methyl/N-ethyl adjacent to an activating group) is 1. The molecule has 5 heteroatoms. The molecule has 18 heavy (non-hydrogen) atoms. The summed E-state index contributed by atoms with van der Waals surface area (Å²) in [6, 6.07) is 3.59. The van der Waals surface area contributed by atoms with Gasteiger partial charge >= 0.3 is 0 Å². The number of benzene rings is 1. The van der Waals surface area contributed by atoms with Gasteiger partial charge in [-0.15, -0.1) is 0 Å². The molecule has 0 fully saturated rings. The standard InChI is InChI=1S/C13H21NO4/c1-14(2)10(8-15)9-6-11(16-3)13(18-5)12(7-9)17-4/h6-7,10,15H,8H2,1-5H3. The lowest BCUT2D eigenvalue weighted by Gasteiger charge is -2.24. The smallest absolute Gasteiger partial charge is 0.203 e. The van der Waals surface area contributed by atoms with Crippen molar-refractivity contribution in [2.45, 2.75) is 6.04 Å². The molecule has 0 aromatic heterocycles. The number of aliphatic hydroxyl groups is 1. The molecule has 1 aromatic carbocycles. The molecule has 1 unspecified atom stereocenters. The monoisotopic (exact) mass is 255 g/mol. The second kappa shape index (κ2) is 6.47. The van der Waals surface area contributed by atoms with E-state index in [2.05, 4.69) is 0 Å². The van der Waals surface area contributed by atoms with Gasteiger partial charge in [-0.25, -0.2) is 0 Å². The third-order valence-electron chi connectivity index (χ3n) is 2.87. The lowest BCUT2D eigenvalue weighted by Crippen LogP contribution is -2.23. The van der Waals surface area contributed by atoms with Crippen molar-refractivity contribution in [1.29, 1.82) is 0 Å². The zero-order chi connectivity index (χ0) is 13.7. The van der Waals surface area contributed by atoms with Gasteiger partial charge in [0.05, 0.1) is 34.0 Å². The lowest BCUT2D eigenvalue weighted by molar-refractivity contribution is 0.170. The summed E-state index contributed by atoms with van der Waals surface area (Å²) >= 11 is 0. The number of hydrogen-bond acceptors (Lipinski definition) is 5. The number of rotatable bonds is 6. The van der Waals surface area contributed by atoms with E-state index >= 15 is 0 Å². The van der Waals surface area contributed by atoms with Gasteiger partial charge in [0.15, 0.2) is 11.5 Å². The second-order valence-electron chi connectivity index (χ2n) is 4.12. The van der Waals surface area contributed by atoms with Crippen LogP contribution in [-0.2, 0) is 0 Å². The van der Waals surface area contributed by atoms with Crippen molar-refractivity contribution in [2.24, 2.45) is 0 Å². The summed E-state index contributed by atoms with van der Waals surface area (Å²) in [4.78, 5) is 1.93. The molecule has 5 nitrogen and oxygen atoms in total. The van der Waals surface area contributed by atoms with E-state index in [0.29, 0.717) is 17.2 Å². The van der Waals surface area contributed by atoms with E-state index in [1.54, 1.807) is 21.3 Å². The number of aliphatic hydroxyl groups excluding tert-OH is 1. The van der Waals surface area contributed by atoms with Crippen LogP contribution in [-0.4, -0.2) is 52.0 Å². The maximum absolute atomic E-state index is 9.45. The molecule has 0 amide bonds. The zero-order valence-electron chi connectivity index (χ0n) is 11.6. The van der Waals surface area contributed by atoms with Crippen LogP contribution in [0.4, 0.5) is 0 Å². The molecule has 1 aromatic rings. The minimum Gasteiger partial charge on any atom is -0.493 e. The lowest BCUT2D eigenvalue weighted by atomic mass is 10.1. The minimum atomic E-state index is -0.112. The quantitative estimate of drug-likeness (QED) is 0.830. The van der Waals surface area contributed by atoms with E-state index in [0.717, 1.165) is 5.56 Å². The van der Waals surface area contributed by atoms with Crippen molar-refractivity contribution < 1.29 is 19.3 Å². The fraction of sp³-hybridized carbons (Fsp3) is 0.538. The first-order valence-corrected chi connectivity index (χ1v) is 5.66. The Kier molecular flexibility index (Phi) is 5.25. The highest BCUT2D eigenvalue weighted by Crippen LogP contribution is 2.40. The Balaban J connectivity index is 3.30. The summed E-state index contributed by atoms with van der Waals surface area (Å²) in [5.41, 5.74) is 0.914. The van der Waals surface area contributed by atoms with Crippen molar-refractivity contribution >= 4 is 0 Å². The van der Waals surface area contributed by atoms with Crippen LogP contribution in [0.2, 0.25) is 0 Å². The van der Waals surface area contributed by atoms with Crippen LogP contribution >= 0.6 is 0 Å². The molecule has 0 bridgehead atoms. The van der Waals surface area contributed by atoms with Gasteiger partial charge in [0.25, 0.3) is 0 Å². The number of ether oxygens (including phenoxy) is 3. The average Bonchev–Trinajstić information content (AvgIpc) is 2.37. The van der Waals surface area contributed by atoms with E-state index < -0.39 is 0 Å². The van der Waals surface area contributed by atoms with E-state index in [1.807, 2.05) is 31.1 Å². The molecule has 0 saturated heterocycles. The van der Waals surface area contributed by atoms with Crippen LogP contribution in [0.15, 0.2) is 12.1 Å². The average molecular weight is 255 g/mol. The maximum Gasteiger partial charge on any atom is 0.203 e. The SMILES string of the molecule is COc1cc(C(CO)N(C)C)cc(OC)c1OC. The summed E-state index contributed by atoms with van der Waals surface area (Å²) in [5, 5.41) is 9.45. The normalized spacial score (nSPS) is 12.4. The van der Waals surface area contributed by atoms with E-state index in [9.17, 15) is 5.11 Å². The highest BCUT2D eigenvalue weighted by atomic mass is 16.5. The van der Waals surface area contributed by atoms with Crippen molar-refractivity contribution in [2.75, 3.05) is 42.0 Å². The predicted octanol–water partition coefficient (Wildman–Crippen LogP) is 1.31. The molecular weight excluding hydrogens is 234 g/mol. The first-order valence-electron chi connectivity index (χ1n) is 5.66. The Bertz CT molecular complexity index is 368. The van der Waals surface area contributed by atoms with E-state index in [1.165, 1.54) is 0 Å². The van der Waals surface area contributed by atoms with Gasteiger partial charge in [0.2, 0.25) is 5.75 Å². The first-order chi connectivity index (χ1) is 8.58. The third kappa shape index (κ3) is 2.86. The highest BCUT2D eigenvalue weighted by Gasteiger charge is 2.19. The van der Waals surface area contributed by atoms with Crippen LogP contribution in [0.3, 0.4) is 0 Å². The molecule has 0 radical (unpaired) electrons. The Morgan fingerprint density at radius 3 is 1.83 bits per heavy atom. The van der Waals surface area contributed by atoms with Gasteiger partial charge in [-0.1, -0.05) is 0 Å². The molecule has 1 N–H and O–H groups in total. The number of methoxy groups -OCH3 is 3. The highest BCUT2D eigenvalue weighted by molar-refractivity contribution is 5.54. The molecule has 102 valence electrons. The van der Waals surface area contributed by atoms with Crippen molar-refractivity contribution in [3.8, 4) is 17.2 Å². The number of nitrogens with zero attached hydrogens (tertiary/aromatic N) is 1. The molecule has 0 aliphatic carbocycles. The molecule has 1 atom stereocenters. The van der Waals surface area contributed by atoms with E-state index in [4.69, 9.17) is 14.2 Å². The first kappa shape index (κ1) is 14.6. The van der Waals surface area contributed by atoms with Gasteiger partial charge in [-0.2, -0.15) is 0 Å². The molecule has 0 aliphatic heterocycles. The molecular formula is C13H21NO4. The predicted molar refractivity (Wildman–Crippen MR) is 69.6 cm³/mol. The van der Waals surface area contributed by atoms with Gasteiger partial charge in [-0.05, 0) is 31.8 Å². The summed E-state index contributed by atoms with van der Waals surface area (Å²) in [5.74, 6) is 1.73. The maximum atomic E-state index is 9.45. The largest absolute Gasteiger partial charge is 0.493 e. The topological polar surface area (TPSA) is 51.2 Å². The Morgan fingerprint density at radius 1 is 1.06 bits per heavy atom. The second-order valence-corrected chi connectivity index (χ2v) is 4.12. The molecule has 0 aliphatic rings. The molecule has 1 rings (SSSR count). The Morgan fingerprint density at radius 2 is 1.56 bits per heavy atom. The summed E-state index contributed by atoms with van der Waals surface area (Å²) in [6.07, 6.45) is 0. The molecule has 0 saturated carbocycles.